The van der Waals surface area contributed by atoms with Crippen LogP contribution in [-0.2, 0) is 9.84 Å². The summed E-state index contributed by atoms with van der Waals surface area (Å²) in [4.78, 5) is 0.427. The van der Waals surface area contributed by atoms with Gasteiger partial charge in [-0.3, -0.25) is 0 Å². The van der Waals surface area contributed by atoms with E-state index in [1.807, 2.05) is 19.1 Å². The molecule has 1 aromatic carbocycles. The van der Waals surface area contributed by atoms with Crippen LogP contribution < -0.4 is 0 Å². The molecule has 0 heterocycles. The summed E-state index contributed by atoms with van der Waals surface area (Å²) in [5.74, 6) is 0.672. The quantitative estimate of drug-likeness (QED) is 0.782. The summed E-state index contributed by atoms with van der Waals surface area (Å²) in [6.45, 7) is 1.96. The summed E-state index contributed by atoms with van der Waals surface area (Å²) in [5.41, 5.74) is 1.07. The Labute approximate surface area is 113 Å². The molecule has 2 bridgehead atoms. The Balaban J connectivity index is 1.98. The third-order valence-electron chi connectivity index (χ3n) is 4.45. The number of halogens is 1. The minimum atomic E-state index is -3.27. The van der Waals surface area contributed by atoms with Crippen molar-refractivity contribution in [3.05, 3.63) is 29.8 Å². The highest BCUT2D eigenvalue weighted by Gasteiger charge is 2.52. The highest BCUT2D eigenvalue weighted by molar-refractivity contribution is 7.92. The van der Waals surface area contributed by atoms with E-state index in [0.29, 0.717) is 10.8 Å². The molecule has 2 aliphatic rings. The van der Waals surface area contributed by atoms with E-state index >= 15 is 0 Å². The van der Waals surface area contributed by atoms with Crippen molar-refractivity contribution in [2.45, 2.75) is 41.7 Å². The monoisotopic (exact) mass is 284 g/mol. The molecule has 2 aliphatic carbocycles. The van der Waals surface area contributed by atoms with Crippen LogP contribution in [0.4, 0.5) is 0 Å². The number of hydrogen-bond donors (Lipinski definition) is 0. The van der Waals surface area contributed by atoms with Crippen LogP contribution in [0.15, 0.2) is 29.2 Å². The molecule has 18 heavy (non-hydrogen) atoms. The van der Waals surface area contributed by atoms with Gasteiger partial charge in [0.25, 0.3) is 0 Å². The maximum absolute atomic E-state index is 12.7. The molecule has 0 unspecified atom stereocenters. The Morgan fingerprint density at radius 1 is 1.11 bits per heavy atom. The molecule has 0 saturated heterocycles. The molecular weight excluding hydrogens is 268 g/mol. The molecule has 0 amide bonds. The summed E-state index contributed by atoms with van der Waals surface area (Å²) in [7, 11) is -3.27. The van der Waals surface area contributed by atoms with Crippen LogP contribution in [0.3, 0.4) is 0 Å². The average Bonchev–Trinajstić information content (AvgIpc) is 2.89. The average molecular weight is 285 g/mol. The maximum atomic E-state index is 12.7. The highest BCUT2D eigenvalue weighted by Crippen LogP contribution is 2.51. The van der Waals surface area contributed by atoms with Crippen molar-refractivity contribution in [2.24, 2.45) is 11.8 Å². The maximum Gasteiger partial charge on any atom is 0.182 e. The second-order valence-corrected chi connectivity index (χ2v) is 8.21. The van der Waals surface area contributed by atoms with Crippen LogP contribution in [0.2, 0.25) is 0 Å². The van der Waals surface area contributed by atoms with Gasteiger partial charge in [0, 0.05) is 0 Å². The second kappa shape index (κ2) is 4.24. The van der Waals surface area contributed by atoms with Gasteiger partial charge in [0.1, 0.15) is 0 Å². The Bertz CT molecular complexity index is 548. The van der Waals surface area contributed by atoms with Gasteiger partial charge in [-0.1, -0.05) is 17.7 Å². The Hall–Kier alpha value is -0.540. The van der Waals surface area contributed by atoms with E-state index in [0.717, 1.165) is 24.8 Å². The first-order chi connectivity index (χ1) is 8.50. The van der Waals surface area contributed by atoms with Crippen LogP contribution in [0.25, 0.3) is 0 Å². The zero-order valence-corrected chi connectivity index (χ0v) is 11.9. The molecule has 2 saturated carbocycles. The van der Waals surface area contributed by atoms with Gasteiger partial charge < -0.3 is 0 Å². The fourth-order valence-electron chi connectivity index (χ4n) is 3.48. The van der Waals surface area contributed by atoms with Crippen LogP contribution in [0.5, 0.6) is 0 Å². The Morgan fingerprint density at radius 3 is 2.28 bits per heavy atom. The van der Waals surface area contributed by atoms with E-state index < -0.39 is 9.84 Å². The number of aryl methyl sites for hydroxylation is 1. The van der Waals surface area contributed by atoms with Crippen molar-refractivity contribution >= 4 is 21.4 Å². The lowest BCUT2D eigenvalue weighted by atomic mass is 10.00. The summed E-state index contributed by atoms with van der Waals surface area (Å²) in [6.07, 6.45) is 3.10. The summed E-state index contributed by atoms with van der Waals surface area (Å²) in [6, 6.07) is 7.12. The predicted octanol–water partition coefficient (Wildman–Crippen LogP) is 3.17. The summed E-state index contributed by atoms with van der Waals surface area (Å²) in [5, 5.41) is -0.573. The van der Waals surface area contributed by atoms with Crippen LogP contribution in [-0.4, -0.2) is 19.0 Å². The predicted molar refractivity (Wildman–Crippen MR) is 72.6 cm³/mol. The Kier molecular flexibility index (Phi) is 2.94. The Morgan fingerprint density at radius 2 is 1.72 bits per heavy atom. The first-order valence-electron chi connectivity index (χ1n) is 6.45. The standard InChI is InChI=1S/C14H17ClO2S/c1-9-2-6-12(7-3-9)18(16,17)14-11-5-4-10(8-11)13(14)15/h2-3,6-7,10-11,13-14H,4-5,8H2,1H3/t10-,11+,13-,14-/m1/s1. The number of benzene rings is 1. The van der Waals surface area contributed by atoms with E-state index in [4.69, 9.17) is 11.6 Å². The molecule has 0 aromatic heterocycles. The van der Waals surface area contributed by atoms with Crippen LogP contribution in [0.1, 0.15) is 24.8 Å². The second-order valence-electron chi connectivity index (χ2n) is 5.60. The molecule has 3 rings (SSSR count). The van der Waals surface area contributed by atoms with E-state index in [1.54, 1.807) is 12.1 Å². The number of alkyl halides is 1. The molecule has 0 radical (unpaired) electrons. The minimum Gasteiger partial charge on any atom is -0.223 e. The number of fused-ring (bicyclic) bond motifs is 2. The molecular formula is C14H17ClO2S. The van der Waals surface area contributed by atoms with Gasteiger partial charge in [-0.2, -0.15) is 0 Å². The first-order valence-corrected chi connectivity index (χ1v) is 8.43. The van der Waals surface area contributed by atoms with Crippen molar-refractivity contribution < 1.29 is 8.42 Å². The summed E-state index contributed by atoms with van der Waals surface area (Å²) < 4.78 is 25.3. The van der Waals surface area contributed by atoms with Crippen LogP contribution >= 0.6 is 11.6 Å². The third-order valence-corrected chi connectivity index (χ3v) is 7.55. The smallest absolute Gasteiger partial charge is 0.182 e. The van der Waals surface area contributed by atoms with Crippen molar-refractivity contribution in [3.8, 4) is 0 Å². The van der Waals surface area contributed by atoms with Crippen molar-refractivity contribution in [3.63, 3.8) is 0 Å². The van der Waals surface area contributed by atoms with Gasteiger partial charge in [-0.15, -0.1) is 11.6 Å². The fourth-order valence-corrected chi connectivity index (χ4v) is 6.47. The lowest BCUT2D eigenvalue weighted by Crippen LogP contribution is -2.36. The van der Waals surface area contributed by atoms with Crippen molar-refractivity contribution in [1.82, 2.24) is 0 Å². The molecule has 4 atom stereocenters. The zero-order chi connectivity index (χ0) is 12.9. The number of sulfone groups is 1. The molecule has 1 aromatic rings. The van der Waals surface area contributed by atoms with E-state index in [9.17, 15) is 8.42 Å². The SMILES string of the molecule is Cc1ccc(S(=O)(=O)[C@@H]2[C@H]3CC[C@H](C3)[C@H]2Cl)cc1. The lowest BCUT2D eigenvalue weighted by molar-refractivity contribution is 0.470. The van der Waals surface area contributed by atoms with Gasteiger partial charge >= 0.3 is 0 Å². The van der Waals surface area contributed by atoms with Gasteiger partial charge in [0.15, 0.2) is 9.84 Å². The number of hydrogen-bond acceptors (Lipinski definition) is 2. The van der Waals surface area contributed by atoms with Gasteiger partial charge in [-0.25, -0.2) is 8.42 Å². The van der Waals surface area contributed by atoms with E-state index in [-0.39, 0.29) is 16.5 Å². The topological polar surface area (TPSA) is 34.1 Å². The number of rotatable bonds is 2. The normalized spacial score (nSPS) is 35.0. The van der Waals surface area contributed by atoms with Gasteiger partial charge in [0.2, 0.25) is 0 Å². The molecule has 0 spiro atoms. The molecule has 98 valence electrons. The van der Waals surface area contributed by atoms with Crippen molar-refractivity contribution in [1.29, 1.82) is 0 Å². The molecule has 4 heteroatoms. The van der Waals surface area contributed by atoms with Crippen LogP contribution in [0, 0.1) is 18.8 Å². The summed E-state index contributed by atoms with van der Waals surface area (Å²) >= 11 is 6.36. The van der Waals surface area contributed by atoms with Gasteiger partial charge in [0.05, 0.1) is 15.5 Å². The highest BCUT2D eigenvalue weighted by atomic mass is 35.5. The van der Waals surface area contributed by atoms with E-state index in [1.165, 1.54) is 0 Å². The fraction of sp³-hybridized carbons (Fsp3) is 0.571. The molecule has 0 aliphatic heterocycles. The molecule has 0 N–H and O–H groups in total. The molecule has 2 fully saturated rings. The van der Waals surface area contributed by atoms with Crippen molar-refractivity contribution in [2.75, 3.05) is 0 Å². The van der Waals surface area contributed by atoms with E-state index in [2.05, 4.69) is 0 Å². The minimum absolute atomic E-state index is 0.199. The zero-order valence-electron chi connectivity index (χ0n) is 10.3. The first kappa shape index (κ1) is 12.5. The third kappa shape index (κ3) is 1.79. The lowest BCUT2D eigenvalue weighted by Gasteiger charge is -2.26. The van der Waals surface area contributed by atoms with Gasteiger partial charge in [-0.05, 0) is 50.2 Å². The largest absolute Gasteiger partial charge is 0.223 e. The molecule has 2 nitrogen and oxygen atoms in total.